The van der Waals surface area contributed by atoms with Crippen LogP contribution in [-0.2, 0) is 0 Å². The first-order chi connectivity index (χ1) is 11.3. The van der Waals surface area contributed by atoms with E-state index in [9.17, 15) is 0 Å². The van der Waals surface area contributed by atoms with Crippen LogP contribution in [0.4, 0.5) is 0 Å². The minimum Gasteiger partial charge on any atom is -0.358 e. The quantitative estimate of drug-likeness (QED) is 0.775. The predicted octanol–water partition coefficient (Wildman–Crippen LogP) is 4.45. The average Bonchev–Trinajstić information content (AvgIpc) is 2.94. The molecule has 2 aromatic heterocycles. The Morgan fingerprint density at radius 2 is 1.78 bits per heavy atom. The zero-order valence-corrected chi connectivity index (χ0v) is 13.6. The van der Waals surface area contributed by atoms with E-state index in [0.717, 1.165) is 18.8 Å². The van der Waals surface area contributed by atoms with Gasteiger partial charge in [0.1, 0.15) is 0 Å². The Bertz CT molecular complexity index is 785. The molecular formula is C20H23N3. The summed E-state index contributed by atoms with van der Waals surface area (Å²) in [4.78, 5) is 10.9. The van der Waals surface area contributed by atoms with Crippen molar-refractivity contribution in [3.05, 3.63) is 65.6 Å². The van der Waals surface area contributed by atoms with E-state index < -0.39 is 0 Å². The molecule has 0 bridgehead atoms. The highest BCUT2D eigenvalue weighted by Gasteiger charge is 2.28. The standard InChI is InChI=1S/C20H23N3/c1-15-19(16-9-3-4-10-17(16)22-15)20(18-11-5-6-12-21-18)23-13-7-2-8-14-23/h3-6,9-12,20,22H,2,7-8,13-14H2,1H3/t20-/m1/s1. The van der Waals surface area contributed by atoms with E-state index in [0.29, 0.717) is 0 Å². The van der Waals surface area contributed by atoms with Gasteiger partial charge in [-0.2, -0.15) is 0 Å². The first kappa shape index (κ1) is 14.5. The van der Waals surface area contributed by atoms with E-state index in [4.69, 9.17) is 4.98 Å². The lowest BCUT2D eigenvalue weighted by molar-refractivity contribution is 0.185. The lowest BCUT2D eigenvalue weighted by Gasteiger charge is -2.34. The van der Waals surface area contributed by atoms with E-state index in [-0.39, 0.29) is 6.04 Å². The summed E-state index contributed by atoms with van der Waals surface area (Å²) in [6.45, 7) is 4.50. The van der Waals surface area contributed by atoms with Gasteiger partial charge in [0.2, 0.25) is 0 Å². The van der Waals surface area contributed by atoms with E-state index >= 15 is 0 Å². The normalized spacial score (nSPS) is 17.4. The van der Waals surface area contributed by atoms with Crippen LogP contribution in [0.3, 0.4) is 0 Å². The van der Waals surface area contributed by atoms with Gasteiger partial charge < -0.3 is 4.98 Å². The molecule has 1 saturated heterocycles. The number of para-hydroxylation sites is 1. The van der Waals surface area contributed by atoms with Gasteiger partial charge in [-0.1, -0.05) is 30.7 Å². The Morgan fingerprint density at radius 3 is 2.57 bits per heavy atom. The largest absolute Gasteiger partial charge is 0.358 e. The van der Waals surface area contributed by atoms with Crippen molar-refractivity contribution < 1.29 is 0 Å². The number of likely N-dealkylation sites (tertiary alicyclic amines) is 1. The van der Waals surface area contributed by atoms with Crippen molar-refractivity contribution in [2.75, 3.05) is 13.1 Å². The van der Waals surface area contributed by atoms with Crippen molar-refractivity contribution in [3.8, 4) is 0 Å². The lowest BCUT2D eigenvalue weighted by Crippen LogP contribution is -2.35. The second-order valence-corrected chi connectivity index (χ2v) is 6.46. The number of benzene rings is 1. The SMILES string of the molecule is Cc1[nH]c2ccccc2c1[C@@H](c1ccccn1)N1CCCCC1. The summed E-state index contributed by atoms with van der Waals surface area (Å²) in [7, 11) is 0. The van der Waals surface area contributed by atoms with Gasteiger partial charge in [0.25, 0.3) is 0 Å². The fraction of sp³-hybridized carbons (Fsp3) is 0.350. The van der Waals surface area contributed by atoms with Gasteiger partial charge in [-0.25, -0.2) is 0 Å². The van der Waals surface area contributed by atoms with Crippen LogP contribution >= 0.6 is 0 Å². The zero-order valence-electron chi connectivity index (χ0n) is 13.6. The molecule has 3 aromatic rings. The summed E-state index contributed by atoms with van der Waals surface area (Å²) in [5.74, 6) is 0. The number of fused-ring (bicyclic) bond motifs is 1. The van der Waals surface area contributed by atoms with Crippen molar-refractivity contribution in [2.45, 2.75) is 32.2 Å². The number of aromatic nitrogens is 2. The summed E-state index contributed by atoms with van der Waals surface area (Å²) in [5.41, 5.74) is 5.02. The van der Waals surface area contributed by atoms with E-state index in [2.05, 4.69) is 53.2 Å². The van der Waals surface area contributed by atoms with E-state index in [1.165, 1.54) is 41.4 Å². The molecule has 3 heterocycles. The van der Waals surface area contributed by atoms with Gasteiger partial charge in [-0.3, -0.25) is 9.88 Å². The molecule has 0 radical (unpaired) electrons. The fourth-order valence-corrected chi connectivity index (χ4v) is 3.88. The van der Waals surface area contributed by atoms with Crippen LogP contribution in [0.2, 0.25) is 0 Å². The lowest BCUT2D eigenvalue weighted by atomic mass is 9.96. The smallest absolute Gasteiger partial charge is 0.0799 e. The van der Waals surface area contributed by atoms with Gasteiger partial charge in [-0.05, 0) is 51.1 Å². The minimum absolute atomic E-state index is 0.243. The van der Waals surface area contributed by atoms with Gasteiger partial charge in [0.05, 0.1) is 11.7 Å². The molecule has 4 rings (SSSR count). The van der Waals surface area contributed by atoms with Crippen molar-refractivity contribution in [3.63, 3.8) is 0 Å². The maximum absolute atomic E-state index is 4.70. The molecule has 0 spiro atoms. The van der Waals surface area contributed by atoms with Crippen LogP contribution in [-0.4, -0.2) is 28.0 Å². The fourth-order valence-electron chi connectivity index (χ4n) is 3.88. The monoisotopic (exact) mass is 305 g/mol. The number of aromatic amines is 1. The third-order valence-electron chi connectivity index (χ3n) is 4.94. The van der Waals surface area contributed by atoms with E-state index in [1.807, 2.05) is 12.3 Å². The minimum atomic E-state index is 0.243. The Morgan fingerprint density at radius 1 is 1.00 bits per heavy atom. The van der Waals surface area contributed by atoms with Crippen molar-refractivity contribution >= 4 is 10.9 Å². The highest BCUT2D eigenvalue weighted by molar-refractivity contribution is 5.85. The molecule has 3 heteroatoms. The van der Waals surface area contributed by atoms with Crippen LogP contribution in [0, 0.1) is 6.92 Å². The Hall–Kier alpha value is -2.13. The van der Waals surface area contributed by atoms with Crippen LogP contribution in [0.25, 0.3) is 10.9 Å². The van der Waals surface area contributed by atoms with E-state index in [1.54, 1.807) is 0 Å². The van der Waals surface area contributed by atoms with Crippen LogP contribution in [0.5, 0.6) is 0 Å². The third kappa shape index (κ3) is 2.66. The summed E-state index contributed by atoms with van der Waals surface area (Å²) in [6, 6.07) is 15.1. The summed E-state index contributed by atoms with van der Waals surface area (Å²) in [5, 5.41) is 1.33. The molecule has 1 aliphatic heterocycles. The molecule has 1 fully saturated rings. The number of hydrogen-bond acceptors (Lipinski definition) is 2. The predicted molar refractivity (Wildman–Crippen MR) is 94.5 cm³/mol. The number of nitrogens with zero attached hydrogens (tertiary/aromatic N) is 2. The molecule has 1 atom stereocenters. The zero-order chi connectivity index (χ0) is 15.6. The molecule has 0 saturated carbocycles. The van der Waals surface area contributed by atoms with Crippen molar-refractivity contribution in [2.24, 2.45) is 0 Å². The maximum Gasteiger partial charge on any atom is 0.0799 e. The summed E-state index contributed by atoms with van der Waals surface area (Å²) < 4.78 is 0. The Labute approximate surface area is 137 Å². The van der Waals surface area contributed by atoms with Crippen molar-refractivity contribution in [1.29, 1.82) is 0 Å². The third-order valence-corrected chi connectivity index (χ3v) is 4.94. The molecular weight excluding hydrogens is 282 g/mol. The second kappa shape index (κ2) is 6.17. The first-order valence-electron chi connectivity index (χ1n) is 8.57. The first-order valence-corrected chi connectivity index (χ1v) is 8.57. The van der Waals surface area contributed by atoms with Crippen molar-refractivity contribution in [1.82, 2.24) is 14.9 Å². The summed E-state index contributed by atoms with van der Waals surface area (Å²) >= 11 is 0. The molecule has 3 nitrogen and oxygen atoms in total. The topological polar surface area (TPSA) is 31.9 Å². The number of aryl methyl sites for hydroxylation is 1. The highest BCUT2D eigenvalue weighted by Crippen LogP contribution is 2.36. The van der Waals surface area contributed by atoms with Crippen LogP contribution < -0.4 is 0 Å². The van der Waals surface area contributed by atoms with Crippen LogP contribution in [0.1, 0.15) is 42.3 Å². The maximum atomic E-state index is 4.70. The molecule has 0 amide bonds. The number of piperidine rings is 1. The van der Waals surface area contributed by atoms with Gasteiger partial charge in [0.15, 0.2) is 0 Å². The molecule has 1 N–H and O–H groups in total. The van der Waals surface area contributed by atoms with Gasteiger partial charge in [0, 0.05) is 28.4 Å². The molecule has 0 aliphatic carbocycles. The molecule has 1 aromatic carbocycles. The number of pyridine rings is 1. The molecule has 23 heavy (non-hydrogen) atoms. The molecule has 1 aliphatic rings. The number of rotatable bonds is 3. The Balaban J connectivity index is 1.88. The van der Waals surface area contributed by atoms with Gasteiger partial charge >= 0.3 is 0 Å². The number of nitrogens with one attached hydrogen (secondary N) is 1. The molecule has 0 unspecified atom stereocenters. The van der Waals surface area contributed by atoms with Crippen LogP contribution in [0.15, 0.2) is 48.7 Å². The second-order valence-electron chi connectivity index (χ2n) is 6.46. The highest BCUT2D eigenvalue weighted by atomic mass is 15.2. The number of H-pyrrole nitrogens is 1. The van der Waals surface area contributed by atoms with Gasteiger partial charge in [-0.15, -0.1) is 0 Å². The number of hydrogen-bond donors (Lipinski definition) is 1. The summed E-state index contributed by atoms with van der Waals surface area (Å²) in [6.07, 6.45) is 5.82. The average molecular weight is 305 g/mol. The molecule has 118 valence electrons. The Kier molecular flexibility index (Phi) is 3.88.